The first kappa shape index (κ1) is 10.1. The van der Waals surface area contributed by atoms with Crippen molar-refractivity contribution >= 4 is 28.9 Å². The molecule has 4 heteroatoms. The third-order valence-electron chi connectivity index (χ3n) is 2.24. The zero-order chi connectivity index (χ0) is 11.0. The molecule has 1 N–H and O–H groups in total. The maximum absolute atomic E-state index is 10.4. The molecule has 1 aromatic heterocycles. The number of carbonyl (C=O) groups is 1. The summed E-state index contributed by atoms with van der Waals surface area (Å²) in [5.74, 6) is 0.667. The van der Waals surface area contributed by atoms with E-state index >= 15 is 0 Å². The maximum Gasteiger partial charge on any atom is 0.177 e. The first-order valence-electron chi connectivity index (χ1n) is 4.47. The molecule has 0 saturated heterocycles. The number of aryl methyl sites for hydroxylation is 1. The van der Waals surface area contributed by atoms with E-state index in [9.17, 15) is 9.90 Å². The lowest BCUT2D eigenvalue weighted by Crippen LogP contribution is -1.87. The number of benzene rings is 1. The van der Waals surface area contributed by atoms with Crippen molar-refractivity contribution in [3.8, 4) is 5.75 Å². The number of carbonyl (C=O) groups excluding carboxylic acids is 1. The highest BCUT2D eigenvalue weighted by molar-refractivity contribution is 6.35. The summed E-state index contributed by atoms with van der Waals surface area (Å²) in [5.41, 5.74) is 0.828. The molecule has 78 valence electrons. The van der Waals surface area contributed by atoms with Gasteiger partial charge in [-0.15, -0.1) is 0 Å². The first-order chi connectivity index (χ1) is 7.13. The van der Waals surface area contributed by atoms with E-state index in [2.05, 4.69) is 0 Å². The van der Waals surface area contributed by atoms with E-state index < -0.39 is 0 Å². The van der Waals surface area contributed by atoms with E-state index in [-0.39, 0.29) is 12.2 Å². The van der Waals surface area contributed by atoms with Crippen LogP contribution in [-0.2, 0) is 11.2 Å². The van der Waals surface area contributed by atoms with Crippen molar-refractivity contribution in [3.05, 3.63) is 28.5 Å². The lowest BCUT2D eigenvalue weighted by atomic mass is 10.1. The molecule has 0 radical (unpaired) electrons. The summed E-state index contributed by atoms with van der Waals surface area (Å²) >= 11 is 6.00. The summed E-state index contributed by atoms with van der Waals surface area (Å²) in [5, 5.41) is 11.0. The van der Waals surface area contributed by atoms with Crippen LogP contribution >= 0.6 is 11.6 Å². The highest BCUT2D eigenvalue weighted by Crippen LogP contribution is 2.36. The number of halogens is 1. The minimum Gasteiger partial charge on any atom is -0.504 e. The van der Waals surface area contributed by atoms with Crippen LogP contribution in [-0.4, -0.2) is 11.4 Å². The van der Waals surface area contributed by atoms with Crippen molar-refractivity contribution in [3.63, 3.8) is 0 Å². The number of furan rings is 1. The standard InChI is InChI=1S/C11H9ClO3/c1-6-4-8-9(12)5-7(2-3-13)10(14)11(8)15-6/h3-5,14H,2H2,1H3. The lowest BCUT2D eigenvalue weighted by molar-refractivity contribution is -0.107. The number of rotatable bonds is 2. The topological polar surface area (TPSA) is 50.4 Å². The Balaban J connectivity index is 2.77. The predicted molar refractivity (Wildman–Crippen MR) is 57.4 cm³/mol. The predicted octanol–water partition coefficient (Wildman–Crippen LogP) is 2.84. The first-order valence-corrected chi connectivity index (χ1v) is 4.85. The van der Waals surface area contributed by atoms with Crippen molar-refractivity contribution in [2.24, 2.45) is 0 Å². The van der Waals surface area contributed by atoms with E-state index in [1.165, 1.54) is 0 Å². The highest BCUT2D eigenvalue weighted by atomic mass is 35.5. The Morgan fingerprint density at radius 1 is 1.53 bits per heavy atom. The molecular weight excluding hydrogens is 216 g/mol. The van der Waals surface area contributed by atoms with Gasteiger partial charge in [0.25, 0.3) is 0 Å². The van der Waals surface area contributed by atoms with Gasteiger partial charge >= 0.3 is 0 Å². The highest BCUT2D eigenvalue weighted by Gasteiger charge is 2.13. The lowest BCUT2D eigenvalue weighted by Gasteiger charge is -2.02. The van der Waals surface area contributed by atoms with E-state index in [1.54, 1.807) is 19.1 Å². The molecule has 15 heavy (non-hydrogen) atoms. The molecule has 1 aromatic carbocycles. The van der Waals surface area contributed by atoms with Crippen LogP contribution in [0.15, 0.2) is 16.5 Å². The fourth-order valence-electron chi connectivity index (χ4n) is 1.56. The second-order valence-electron chi connectivity index (χ2n) is 3.34. The normalized spacial score (nSPS) is 10.8. The van der Waals surface area contributed by atoms with Crippen molar-refractivity contribution < 1.29 is 14.3 Å². The van der Waals surface area contributed by atoms with Crippen LogP contribution in [0.3, 0.4) is 0 Å². The molecule has 0 aliphatic carbocycles. The fraction of sp³-hybridized carbons (Fsp3) is 0.182. The molecular formula is C11H9ClO3. The minimum atomic E-state index is -0.00500. The van der Waals surface area contributed by atoms with Gasteiger partial charge in [0.1, 0.15) is 12.0 Å². The Bertz CT molecular complexity index is 528. The molecule has 0 aliphatic heterocycles. The Morgan fingerprint density at radius 2 is 2.27 bits per heavy atom. The van der Waals surface area contributed by atoms with E-state index in [1.807, 2.05) is 0 Å². The largest absolute Gasteiger partial charge is 0.504 e. The van der Waals surface area contributed by atoms with Gasteiger partial charge in [0.05, 0.1) is 5.02 Å². The third-order valence-corrected chi connectivity index (χ3v) is 2.55. The van der Waals surface area contributed by atoms with Crippen molar-refractivity contribution in [2.45, 2.75) is 13.3 Å². The summed E-state index contributed by atoms with van der Waals surface area (Å²) < 4.78 is 5.32. The Hall–Kier alpha value is -1.48. The van der Waals surface area contributed by atoms with Crippen molar-refractivity contribution in [1.82, 2.24) is 0 Å². The quantitative estimate of drug-likeness (QED) is 0.798. The fourth-order valence-corrected chi connectivity index (χ4v) is 1.83. The summed E-state index contributed by atoms with van der Waals surface area (Å²) in [4.78, 5) is 10.4. The number of aromatic hydroxyl groups is 1. The second kappa shape index (κ2) is 3.59. The van der Waals surface area contributed by atoms with Crippen molar-refractivity contribution in [1.29, 1.82) is 0 Å². The molecule has 0 bridgehead atoms. The average molecular weight is 225 g/mol. The van der Waals surface area contributed by atoms with Gasteiger partial charge in [-0.1, -0.05) is 11.6 Å². The van der Waals surface area contributed by atoms with Gasteiger partial charge in [-0.3, -0.25) is 0 Å². The van der Waals surface area contributed by atoms with Gasteiger partial charge < -0.3 is 14.3 Å². The molecule has 3 nitrogen and oxygen atoms in total. The monoisotopic (exact) mass is 224 g/mol. The van der Waals surface area contributed by atoms with Crippen LogP contribution in [0.5, 0.6) is 5.75 Å². The van der Waals surface area contributed by atoms with Gasteiger partial charge in [-0.05, 0) is 19.1 Å². The average Bonchev–Trinajstić information content (AvgIpc) is 2.57. The van der Waals surface area contributed by atoms with Gasteiger partial charge in [0.2, 0.25) is 0 Å². The van der Waals surface area contributed by atoms with Crippen LogP contribution in [0.25, 0.3) is 11.0 Å². The number of phenolic OH excluding ortho intramolecular Hbond substituents is 1. The Labute approximate surface area is 91.3 Å². The minimum absolute atomic E-state index is 0.00500. The number of fused-ring (bicyclic) bond motifs is 1. The molecule has 0 amide bonds. The second-order valence-corrected chi connectivity index (χ2v) is 3.74. The molecule has 0 unspecified atom stereocenters. The summed E-state index contributed by atoms with van der Waals surface area (Å²) in [6.45, 7) is 1.77. The Morgan fingerprint density at radius 3 is 2.93 bits per heavy atom. The van der Waals surface area contributed by atoms with Crippen LogP contribution in [0.2, 0.25) is 5.02 Å². The van der Waals surface area contributed by atoms with E-state index in [0.29, 0.717) is 33.6 Å². The molecule has 0 spiro atoms. The van der Waals surface area contributed by atoms with Gasteiger partial charge in [-0.2, -0.15) is 0 Å². The van der Waals surface area contributed by atoms with Crippen LogP contribution in [0.4, 0.5) is 0 Å². The summed E-state index contributed by atoms with van der Waals surface area (Å²) in [6.07, 6.45) is 0.842. The number of phenols is 1. The zero-order valence-corrected chi connectivity index (χ0v) is 8.84. The molecule has 0 atom stereocenters. The van der Waals surface area contributed by atoms with Gasteiger partial charge in [0, 0.05) is 17.4 Å². The number of hydrogen-bond acceptors (Lipinski definition) is 3. The molecule has 2 aromatic rings. The van der Waals surface area contributed by atoms with Crippen LogP contribution in [0, 0.1) is 6.92 Å². The number of aldehydes is 1. The molecule has 0 aliphatic rings. The SMILES string of the molecule is Cc1cc2c(Cl)cc(CC=O)c(O)c2o1. The van der Waals surface area contributed by atoms with Crippen molar-refractivity contribution in [2.75, 3.05) is 0 Å². The third kappa shape index (κ3) is 1.59. The van der Waals surface area contributed by atoms with Gasteiger partial charge in [0.15, 0.2) is 11.3 Å². The van der Waals surface area contributed by atoms with Crippen LogP contribution in [0.1, 0.15) is 11.3 Å². The van der Waals surface area contributed by atoms with E-state index in [0.717, 1.165) is 0 Å². The summed E-state index contributed by atoms with van der Waals surface area (Å²) in [7, 11) is 0. The number of hydrogen-bond donors (Lipinski definition) is 1. The van der Waals surface area contributed by atoms with Gasteiger partial charge in [-0.25, -0.2) is 0 Å². The molecule has 2 rings (SSSR count). The molecule has 0 saturated carbocycles. The summed E-state index contributed by atoms with van der Waals surface area (Å²) in [6, 6.07) is 3.34. The smallest absolute Gasteiger partial charge is 0.177 e. The Kier molecular flexibility index (Phi) is 2.40. The van der Waals surface area contributed by atoms with E-state index in [4.69, 9.17) is 16.0 Å². The molecule has 1 heterocycles. The maximum atomic E-state index is 10.4. The van der Waals surface area contributed by atoms with Crippen LogP contribution < -0.4 is 0 Å². The molecule has 0 fully saturated rings. The zero-order valence-electron chi connectivity index (χ0n) is 8.08.